The van der Waals surface area contributed by atoms with Crippen molar-refractivity contribution in [3.05, 3.63) is 48.6 Å². The van der Waals surface area contributed by atoms with Gasteiger partial charge in [-0.05, 0) is 19.3 Å². The summed E-state index contributed by atoms with van der Waals surface area (Å²) < 4.78 is 0. The average Bonchev–Trinajstić information content (AvgIpc) is 2.56. The molecule has 25 heavy (non-hydrogen) atoms. The van der Waals surface area contributed by atoms with Gasteiger partial charge in [-0.1, -0.05) is 74.8 Å². The summed E-state index contributed by atoms with van der Waals surface area (Å²) in [4.78, 5) is 10.4. The maximum Gasteiger partial charge on any atom is 0.303 e. The first-order chi connectivity index (χ1) is 12.0. The van der Waals surface area contributed by atoms with E-state index < -0.39 is 24.3 Å². The van der Waals surface area contributed by atoms with Crippen molar-refractivity contribution in [1.82, 2.24) is 0 Å². The summed E-state index contributed by atoms with van der Waals surface area (Å²) >= 11 is 0. The van der Waals surface area contributed by atoms with Crippen LogP contribution < -0.4 is 0 Å². The molecule has 4 N–H and O–H groups in total. The molecule has 0 saturated carbocycles. The lowest BCUT2D eigenvalue weighted by atomic mass is 10.1. The third-order valence-electron chi connectivity index (χ3n) is 3.59. The van der Waals surface area contributed by atoms with E-state index in [1.165, 1.54) is 6.08 Å². The third-order valence-corrected chi connectivity index (χ3v) is 3.59. The maximum atomic E-state index is 10.4. The number of carboxylic acid groups (broad SMARTS) is 1. The van der Waals surface area contributed by atoms with Crippen molar-refractivity contribution in [1.29, 1.82) is 0 Å². The highest BCUT2D eigenvalue weighted by Gasteiger charge is 2.12. The molecule has 5 nitrogen and oxygen atoms in total. The summed E-state index contributed by atoms with van der Waals surface area (Å²) in [6.07, 6.45) is 16.0. The normalized spacial score (nSPS) is 16.3. The van der Waals surface area contributed by atoms with Gasteiger partial charge in [-0.3, -0.25) is 4.79 Å². The molecule has 0 amide bonds. The topological polar surface area (TPSA) is 98.0 Å². The molecule has 0 aromatic carbocycles. The van der Waals surface area contributed by atoms with Crippen LogP contribution in [-0.2, 0) is 4.79 Å². The van der Waals surface area contributed by atoms with Crippen molar-refractivity contribution in [2.24, 2.45) is 0 Å². The minimum atomic E-state index is -1.01. The first kappa shape index (κ1) is 23.3. The fourth-order valence-corrected chi connectivity index (χ4v) is 2.09. The van der Waals surface area contributed by atoms with Crippen molar-refractivity contribution in [2.75, 3.05) is 0 Å². The number of aliphatic hydroxyl groups is 3. The Morgan fingerprint density at radius 1 is 0.840 bits per heavy atom. The maximum absolute atomic E-state index is 10.4. The zero-order valence-corrected chi connectivity index (χ0v) is 15.0. The van der Waals surface area contributed by atoms with Gasteiger partial charge in [0, 0.05) is 6.42 Å². The molecule has 2 unspecified atom stereocenters. The molecule has 0 aliphatic carbocycles. The lowest BCUT2D eigenvalue weighted by Crippen LogP contribution is -2.23. The zero-order chi connectivity index (χ0) is 18.9. The molecule has 0 bridgehead atoms. The molecule has 5 heteroatoms. The second kappa shape index (κ2) is 15.8. The van der Waals surface area contributed by atoms with Crippen LogP contribution in [0.5, 0.6) is 0 Å². The van der Waals surface area contributed by atoms with E-state index in [0.29, 0.717) is 6.42 Å². The summed E-state index contributed by atoms with van der Waals surface area (Å²) in [5, 5.41) is 37.6. The second-order valence-corrected chi connectivity index (χ2v) is 5.95. The van der Waals surface area contributed by atoms with E-state index in [1.54, 1.807) is 36.5 Å². The van der Waals surface area contributed by atoms with Crippen LogP contribution >= 0.6 is 0 Å². The summed E-state index contributed by atoms with van der Waals surface area (Å²) in [5.74, 6) is -0.908. The molecule has 142 valence electrons. The van der Waals surface area contributed by atoms with Gasteiger partial charge < -0.3 is 20.4 Å². The van der Waals surface area contributed by atoms with Crippen molar-refractivity contribution in [2.45, 2.75) is 70.2 Å². The number of hydrogen-bond acceptors (Lipinski definition) is 4. The van der Waals surface area contributed by atoms with Gasteiger partial charge in [0.05, 0.1) is 18.3 Å². The molecule has 0 aliphatic heterocycles. The molecule has 0 fully saturated rings. The van der Waals surface area contributed by atoms with Crippen molar-refractivity contribution in [3.63, 3.8) is 0 Å². The number of hydrogen-bond donors (Lipinski definition) is 4. The van der Waals surface area contributed by atoms with Crippen LogP contribution in [0.25, 0.3) is 0 Å². The van der Waals surface area contributed by atoms with E-state index in [-0.39, 0.29) is 12.8 Å². The molecular weight excluding hydrogens is 320 g/mol. The molecule has 3 atom stereocenters. The lowest BCUT2D eigenvalue weighted by molar-refractivity contribution is -0.137. The molecular formula is C20H32O5. The molecule has 0 radical (unpaired) electrons. The van der Waals surface area contributed by atoms with E-state index in [1.807, 2.05) is 6.08 Å². The Labute approximate surface area is 150 Å². The van der Waals surface area contributed by atoms with Crippen LogP contribution in [0.4, 0.5) is 0 Å². The molecule has 0 aliphatic rings. The number of rotatable bonds is 14. The molecule has 0 aromatic rings. The Balaban J connectivity index is 3.97. The van der Waals surface area contributed by atoms with Gasteiger partial charge >= 0.3 is 5.97 Å². The molecule has 0 saturated heterocycles. The lowest BCUT2D eigenvalue weighted by Gasteiger charge is -2.13. The fourth-order valence-electron chi connectivity index (χ4n) is 2.09. The number of aliphatic carboxylic acids is 1. The van der Waals surface area contributed by atoms with Gasteiger partial charge in [-0.2, -0.15) is 0 Å². The number of unbranched alkanes of at least 4 members (excludes halogenated alkanes) is 2. The van der Waals surface area contributed by atoms with Gasteiger partial charge in [0.1, 0.15) is 0 Å². The Hall–Kier alpha value is -1.69. The zero-order valence-electron chi connectivity index (χ0n) is 15.0. The van der Waals surface area contributed by atoms with E-state index in [2.05, 4.69) is 6.92 Å². The number of allylic oxidation sites excluding steroid dienone is 6. The second-order valence-electron chi connectivity index (χ2n) is 5.95. The van der Waals surface area contributed by atoms with Crippen LogP contribution in [0.15, 0.2) is 48.6 Å². The van der Waals surface area contributed by atoms with Gasteiger partial charge in [-0.25, -0.2) is 0 Å². The van der Waals surface area contributed by atoms with Gasteiger partial charge in [0.15, 0.2) is 0 Å². The summed E-state index contributed by atoms with van der Waals surface area (Å²) in [5.41, 5.74) is 0. The predicted octanol–water partition coefficient (Wildman–Crippen LogP) is 3.13. The van der Waals surface area contributed by atoms with E-state index >= 15 is 0 Å². The summed E-state index contributed by atoms with van der Waals surface area (Å²) in [6, 6.07) is 0. The smallest absolute Gasteiger partial charge is 0.303 e. The van der Waals surface area contributed by atoms with Crippen molar-refractivity contribution in [3.8, 4) is 0 Å². The molecule has 0 spiro atoms. The quantitative estimate of drug-likeness (QED) is 0.284. The number of carbonyl (C=O) groups is 1. The summed E-state index contributed by atoms with van der Waals surface area (Å²) in [7, 11) is 0. The van der Waals surface area contributed by atoms with Crippen LogP contribution in [0.1, 0.15) is 51.9 Å². The standard InChI is InChI=1S/C20H32O5/c1-2-3-8-12-17(21)13-9-6-4-5-7-10-14-18(22)19(23)15-11-16-20(24)25/h4-7,9-10,13-14,17-19,21-23H,2-3,8,11-12,15-16H2,1H3,(H,24,25)/b6-4-,7-5?,13-9+,14-10?/t17-,18?,19?/m1/s1. The minimum Gasteiger partial charge on any atom is -0.481 e. The van der Waals surface area contributed by atoms with Crippen LogP contribution in [-0.4, -0.2) is 44.7 Å². The Bertz CT molecular complexity index is 451. The Kier molecular flexibility index (Phi) is 14.7. The van der Waals surface area contributed by atoms with E-state index in [9.17, 15) is 20.1 Å². The fraction of sp³-hybridized carbons (Fsp3) is 0.550. The van der Waals surface area contributed by atoms with Crippen LogP contribution in [0, 0.1) is 0 Å². The molecule has 0 heterocycles. The first-order valence-electron chi connectivity index (χ1n) is 8.91. The van der Waals surface area contributed by atoms with Crippen molar-refractivity contribution < 1.29 is 25.2 Å². The van der Waals surface area contributed by atoms with Crippen LogP contribution in [0.3, 0.4) is 0 Å². The summed E-state index contributed by atoms with van der Waals surface area (Å²) in [6.45, 7) is 2.13. The third kappa shape index (κ3) is 15.6. The predicted molar refractivity (Wildman–Crippen MR) is 100 cm³/mol. The first-order valence-corrected chi connectivity index (χ1v) is 8.91. The number of carboxylic acids is 1. The number of aliphatic hydroxyl groups excluding tert-OH is 3. The highest BCUT2D eigenvalue weighted by atomic mass is 16.4. The highest BCUT2D eigenvalue weighted by Crippen LogP contribution is 2.06. The van der Waals surface area contributed by atoms with Gasteiger partial charge in [0.25, 0.3) is 0 Å². The highest BCUT2D eigenvalue weighted by molar-refractivity contribution is 5.66. The van der Waals surface area contributed by atoms with Crippen LogP contribution in [0.2, 0.25) is 0 Å². The van der Waals surface area contributed by atoms with E-state index in [4.69, 9.17) is 5.11 Å². The molecule has 0 aromatic heterocycles. The minimum absolute atomic E-state index is 0.0149. The van der Waals surface area contributed by atoms with Crippen molar-refractivity contribution >= 4 is 5.97 Å². The van der Waals surface area contributed by atoms with Gasteiger partial charge in [0.2, 0.25) is 0 Å². The Morgan fingerprint density at radius 3 is 2.04 bits per heavy atom. The largest absolute Gasteiger partial charge is 0.481 e. The van der Waals surface area contributed by atoms with Gasteiger partial charge in [-0.15, -0.1) is 0 Å². The Morgan fingerprint density at radius 2 is 1.44 bits per heavy atom. The SMILES string of the molecule is CCCCC[C@@H](O)/C=C/C=C\C=CC=CC(O)C(O)CCCC(=O)O. The average molecular weight is 352 g/mol. The molecule has 0 rings (SSSR count). The van der Waals surface area contributed by atoms with E-state index in [0.717, 1.165) is 25.7 Å². The monoisotopic (exact) mass is 352 g/mol.